The molecule has 3 aromatic rings. The molecule has 0 saturated heterocycles. The van der Waals surface area contributed by atoms with Crippen LogP contribution in [0.4, 0.5) is 0 Å². The van der Waals surface area contributed by atoms with Crippen LogP contribution in [0, 0.1) is 6.92 Å². The summed E-state index contributed by atoms with van der Waals surface area (Å²) in [4.78, 5) is 12.9. The number of carbonyl (C=O) groups is 1. The van der Waals surface area contributed by atoms with Gasteiger partial charge in [0.15, 0.2) is 7.14 Å². The van der Waals surface area contributed by atoms with Gasteiger partial charge in [-0.05, 0) is 25.5 Å². The number of nitrogens with one attached hydrogen (secondary N) is 1. The highest BCUT2D eigenvalue weighted by Crippen LogP contribution is 2.43. The summed E-state index contributed by atoms with van der Waals surface area (Å²) < 4.78 is 14.6. The molecule has 3 rings (SSSR count). The van der Waals surface area contributed by atoms with Gasteiger partial charge < -0.3 is 9.88 Å². The SMILES string of the molecule is CCCCNC(=O)c1ccc(C)cc1P(=O)(c1ccccc1)c1ccccc1. The molecule has 0 bridgehead atoms. The summed E-state index contributed by atoms with van der Waals surface area (Å²) in [6.45, 7) is 4.66. The Kier molecular flexibility index (Phi) is 6.49. The molecule has 1 amide bonds. The van der Waals surface area contributed by atoms with Gasteiger partial charge in [-0.2, -0.15) is 0 Å². The Labute approximate surface area is 167 Å². The molecule has 28 heavy (non-hydrogen) atoms. The van der Waals surface area contributed by atoms with E-state index in [1.165, 1.54) is 0 Å². The number of benzene rings is 3. The molecule has 0 heterocycles. The van der Waals surface area contributed by atoms with E-state index in [0.717, 1.165) is 29.0 Å². The molecule has 3 aromatic carbocycles. The molecule has 1 N–H and O–H groups in total. The second-order valence-corrected chi connectivity index (χ2v) is 9.64. The molecule has 0 aliphatic heterocycles. The van der Waals surface area contributed by atoms with Crippen LogP contribution in [0.2, 0.25) is 0 Å². The highest BCUT2D eigenvalue weighted by Gasteiger charge is 2.33. The Hall–Kier alpha value is -2.64. The second kappa shape index (κ2) is 9.03. The fourth-order valence-electron chi connectivity index (χ4n) is 3.27. The van der Waals surface area contributed by atoms with E-state index in [1.54, 1.807) is 6.07 Å². The third-order valence-corrected chi connectivity index (χ3v) is 7.89. The zero-order valence-corrected chi connectivity index (χ0v) is 17.3. The maximum atomic E-state index is 14.6. The first-order valence-electron chi connectivity index (χ1n) is 9.68. The maximum absolute atomic E-state index is 14.6. The first kappa shape index (κ1) is 20.1. The average molecular weight is 391 g/mol. The molecule has 3 nitrogen and oxygen atoms in total. The molecule has 144 valence electrons. The lowest BCUT2D eigenvalue weighted by molar-refractivity contribution is 0.0954. The Morgan fingerprint density at radius 2 is 1.46 bits per heavy atom. The van der Waals surface area contributed by atoms with Crippen molar-refractivity contribution < 1.29 is 9.36 Å². The Morgan fingerprint density at radius 3 is 2.00 bits per heavy atom. The van der Waals surface area contributed by atoms with Crippen molar-refractivity contribution in [2.75, 3.05) is 6.54 Å². The van der Waals surface area contributed by atoms with Crippen LogP contribution >= 0.6 is 7.14 Å². The molecule has 0 atom stereocenters. The zero-order valence-electron chi connectivity index (χ0n) is 16.4. The largest absolute Gasteiger partial charge is 0.352 e. The van der Waals surface area contributed by atoms with Gasteiger partial charge in [-0.15, -0.1) is 0 Å². The molecular formula is C24H26NO2P. The number of unbranched alkanes of at least 4 members (excludes halogenated alkanes) is 1. The predicted molar refractivity (Wildman–Crippen MR) is 118 cm³/mol. The summed E-state index contributed by atoms with van der Waals surface area (Å²) in [6, 6.07) is 24.5. The van der Waals surface area contributed by atoms with Gasteiger partial charge in [0.2, 0.25) is 0 Å². The van der Waals surface area contributed by atoms with E-state index in [1.807, 2.05) is 79.7 Å². The molecule has 0 radical (unpaired) electrons. The number of rotatable bonds is 7. The maximum Gasteiger partial charge on any atom is 0.252 e. The first-order valence-corrected chi connectivity index (χ1v) is 11.4. The molecule has 0 saturated carbocycles. The second-order valence-electron chi connectivity index (χ2n) is 6.91. The third kappa shape index (κ3) is 4.10. The fraction of sp³-hybridized carbons (Fsp3) is 0.208. The summed E-state index contributed by atoms with van der Waals surface area (Å²) in [5.74, 6) is -0.171. The molecule has 0 aromatic heterocycles. The number of carbonyl (C=O) groups excluding carboxylic acids is 1. The van der Waals surface area contributed by atoms with Crippen molar-refractivity contribution in [1.29, 1.82) is 0 Å². The Balaban J connectivity index is 2.20. The smallest absolute Gasteiger partial charge is 0.252 e. The number of hydrogen-bond acceptors (Lipinski definition) is 2. The monoisotopic (exact) mass is 391 g/mol. The van der Waals surface area contributed by atoms with E-state index < -0.39 is 7.14 Å². The van der Waals surface area contributed by atoms with Gasteiger partial charge in [0.05, 0.1) is 5.56 Å². The minimum atomic E-state index is -3.19. The quantitative estimate of drug-likeness (QED) is 0.486. The van der Waals surface area contributed by atoms with Crippen molar-refractivity contribution in [3.8, 4) is 0 Å². The van der Waals surface area contributed by atoms with E-state index in [0.29, 0.717) is 17.4 Å². The Bertz CT molecular complexity index is 941. The van der Waals surface area contributed by atoms with Crippen molar-refractivity contribution in [2.45, 2.75) is 26.7 Å². The number of amides is 1. The van der Waals surface area contributed by atoms with Crippen LogP contribution in [0.3, 0.4) is 0 Å². The topological polar surface area (TPSA) is 46.2 Å². The van der Waals surface area contributed by atoms with Crippen LogP contribution in [0.15, 0.2) is 78.9 Å². The molecule has 0 spiro atoms. The van der Waals surface area contributed by atoms with Crippen LogP contribution in [0.5, 0.6) is 0 Å². The van der Waals surface area contributed by atoms with Crippen LogP contribution in [-0.4, -0.2) is 12.5 Å². The summed E-state index contributed by atoms with van der Waals surface area (Å²) in [6.07, 6.45) is 1.93. The minimum absolute atomic E-state index is 0.171. The predicted octanol–water partition coefficient (Wildman–Crippen LogP) is 4.16. The summed E-state index contributed by atoms with van der Waals surface area (Å²) >= 11 is 0. The van der Waals surface area contributed by atoms with E-state index in [4.69, 9.17) is 0 Å². The number of aryl methyl sites for hydroxylation is 1. The number of hydrogen-bond donors (Lipinski definition) is 1. The van der Waals surface area contributed by atoms with Crippen LogP contribution in [0.25, 0.3) is 0 Å². The van der Waals surface area contributed by atoms with E-state index in [9.17, 15) is 9.36 Å². The van der Waals surface area contributed by atoms with Gasteiger partial charge >= 0.3 is 0 Å². The third-order valence-electron chi connectivity index (χ3n) is 4.79. The standard InChI is InChI=1S/C24H26NO2P/c1-3-4-17-25-24(26)22-16-15-19(2)18-23(22)28(27,20-11-7-5-8-12-20)21-13-9-6-10-14-21/h5-16,18H,3-4,17H2,1-2H3,(H,25,26). The van der Waals surface area contributed by atoms with Crippen molar-refractivity contribution in [3.05, 3.63) is 90.0 Å². The van der Waals surface area contributed by atoms with E-state index in [2.05, 4.69) is 12.2 Å². The highest BCUT2D eigenvalue weighted by atomic mass is 31.2. The fourth-order valence-corrected chi connectivity index (χ4v) is 6.21. The van der Waals surface area contributed by atoms with Crippen LogP contribution in [0.1, 0.15) is 35.7 Å². The molecule has 0 aliphatic rings. The van der Waals surface area contributed by atoms with Crippen molar-refractivity contribution in [1.82, 2.24) is 5.32 Å². The van der Waals surface area contributed by atoms with Gasteiger partial charge in [-0.3, -0.25) is 4.79 Å². The van der Waals surface area contributed by atoms with E-state index >= 15 is 0 Å². The molecule has 0 aliphatic carbocycles. The molecule has 0 fully saturated rings. The minimum Gasteiger partial charge on any atom is -0.352 e. The molecule has 0 unspecified atom stereocenters. The van der Waals surface area contributed by atoms with Gasteiger partial charge in [-0.25, -0.2) is 0 Å². The summed E-state index contributed by atoms with van der Waals surface area (Å²) in [5.41, 5.74) is 1.46. The van der Waals surface area contributed by atoms with Gasteiger partial charge in [0, 0.05) is 22.5 Å². The summed E-state index contributed by atoms with van der Waals surface area (Å²) in [7, 11) is -3.19. The zero-order chi connectivity index (χ0) is 20.0. The van der Waals surface area contributed by atoms with Crippen molar-refractivity contribution >= 4 is 29.0 Å². The molecular weight excluding hydrogens is 365 g/mol. The van der Waals surface area contributed by atoms with Crippen LogP contribution in [-0.2, 0) is 4.57 Å². The normalized spacial score (nSPS) is 11.2. The van der Waals surface area contributed by atoms with Gasteiger partial charge in [0.1, 0.15) is 0 Å². The highest BCUT2D eigenvalue weighted by molar-refractivity contribution is 7.85. The van der Waals surface area contributed by atoms with Gasteiger partial charge in [-0.1, -0.05) is 85.6 Å². The van der Waals surface area contributed by atoms with E-state index in [-0.39, 0.29) is 5.91 Å². The average Bonchev–Trinajstić information content (AvgIpc) is 2.74. The van der Waals surface area contributed by atoms with Crippen molar-refractivity contribution in [3.63, 3.8) is 0 Å². The lowest BCUT2D eigenvalue weighted by atomic mass is 10.1. The lowest BCUT2D eigenvalue weighted by Gasteiger charge is -2.23. The van der Waals surface area contributed by atoms with Gasteiger partial charge in [0.25, 0.3) is 5.91 Å². The lowest BCUT2D eigenvalue weighted by Crippen LogP contribution is -2.33. The first-order chi connectivity index (χ1) is 13.6. The Morgan fingerprint density at radius 1 is 0.893 bits per heavy atom. The molecule has 4 heteroatoms. The van der Waals surface area contributed by atoms with Crippen molar-refractivity contribution in [2.24, 2.45) is 0 Å². The van der Waals surface area contributed by atoms with Crippen LogP contribution < -0.4 is 21.2 Å². The summed E-state index contributed by atoms with van der Waals surface area (Å²) in [5, 5.41) is 5.03.